The van der Waals surface area contributed by atoms with Crippen LogP contribution in [0.1, 0.15) is 5.56 Å². The second-order valence-corrected chi connectivity index (χ2v) is 3.03. The number of pyridine rings is 1. The molecule has 6 heteroatoms. The molecule has 1 heterocycles. The van der Waals surface area contributed by atoms with Crippen LogP contribution in [0.4, 0.5) is 17.6 Å². The van der Waals surface area contributed by atoms with Gasteiger partial charge in [0.1, 0.15) is 0 Å². The van der Waals surface area contributed by atoms with Gasteiger partial charge in [0, 0.05) is 0 Å². The van der Waals surface area contributed by atoms with Crippen LogP contribution in [0.3, 0.4) is 0 Å². The molecule has 0 atom stereocenters. The van der Waals surface area contributed by atoms with E-state index in [4.69, 9.17) is 0 Å². The number of nitrogens with zero attached hydrogens (tertiary/aromatic N) is 1. The van der Waals surface area contributed by atoms with E-state index in [2.05, 4.69) is 4.98 Å². The number of aromatic nitrogens is 1. The minimum Gasteiger partial charge on any atom is -0.247 e. The molecule has 0 aliphatic rings. The van der Waals surface area contributed by atoms with Crippen molar-refractivity contribution in [3.8, 4) is 0 Å². The van der Waals surface area contributed by atoms with Gasteiger partial charge in [0.05, 0.1) is 16.8 Å². The number of thioether (sulfide) groups is 1. The van der Waals surface area contributed by atoms with E-state index in [1.807, 2.05) is 0 Å². The lowest BCUT2D eigenvalue weighted by Gasteiger charge is -2.07. The highest BCUT2D eigenvalue weighted by atomic mass is 32.2. The van der Waals surface area contributed by atoms with Gasteiger partial charge in [-0.05, 0) is 12.3 Å². The maximum atomic E-state index is 12.6. The lowest BCUT2D eigenvalue weighted by molar-refractivity contribution is -0.140. The molecule has 0 N–H and O–H groups in total. The van der Waals surface area contributed by atoms with Gasteiger partial charge in [-0.1, -0.05) is 0 Å². The summed E-state index contributed by atoms with van der Waals surface area (Å²) in [5.74, 6) is -1.34. The molecule has 0 aliphatic carbocycles. The molecule has 1 aromatic heterocycles. The van der Waals surface area contributed by atoms with Gasteiger partial charge in [0.2, 0.25) is 0 Å². The van der Waals surface area contributed by atoms with Gasteiger partial charge in [-0.2, -0.15) is 13.2 Å². The summed E-state index contributed by atoms with van der Waals surface area (Å²) in [6, 6.07) is 0.694. The molecule has 1 aromatic rings. The second-order valence-electron chi connectivity index (χ2n) is 2.20. The second kappa shape index (κ2) is 3.53. The highest BCUT2D eigenvalue weighted by Gasteiger charge is 2.34. The number of halogens is 4. The van der Waals surface area contributed by atoms with Crippen LogP contribution >= 0.6 is 11.8 Å². The molecular formula is C7H5F4NS. The predicted molar refractivity (Wildman–Crippen MR) is 41.0 cm³/mol. The molecule has 13 heavy (non-hydrogen) atoms. The van der Waals surface area contributed by atoms with Crippen LogP contribution < -0.4 is 0 Å². The van der Waals surface area contributed by atoms with Gasteiger partial charge in [-0.3, -0.25) is 0 Å². The van der Waals surface area contributed by atoms with Gasteiger partial charge in [-0.25, -0.2) is 9.37 Å². The molecule has 1 rings (SSSR count). The molecule has 0 unspecified atom stereocenters. The Labute approximate surface area is 76.2 Å². The van der Waals surface area contributed by atoms with Crippen molar-refractivity contribution in [2.45, 2.75) is 11.2 Å². The third-order valence-corrected chi connectivity index (χ3v) is 1.99. The van der Waals surface area contributed by atoms with Crippen molar-refractivity contribution in [3.05, 3.63) is 23.6 Å². The summed E-state index contributed by atoms with van der Waals surface area (Å²) < 4.78 is 48.9. The zero-order valence-corrected chi connectivity index (χ0v) is 7.34. The Morgan fingerprint density at radius 2 is 2.00 bits per heavy atom. The number of rotatable bonds is 1. The van der Waals surface area contributed by atoms with Gasteiger partial charge >= 0.3 is 6.18 Å². The van der Waals surface area contributed by atoms with Gasteiger partial charge < -0.3 is 0 Å². The summed E-state index contributed by atoms with van der Waals surface area (Å²) in [4.78, 5) is 3.46. The molecule has 0 amide bonds. The van der Waals surface area contributed by atoms with Crippen LogP contribution in [-0.2, 0) is 6.18 Å². The molecule has 0 saturated heterocycles. The average molecular weight is 211 g/mol. The Bertz CT molecular complexity index is 310. The maximum absolute atomic E-state index is 12.6. The monoisotopic (exact) mass is 211 g/mol. The molecule has 1 nitrogen and oxygen atoms in total. The summed E-state index contributed by atoms with van der Waals surface area (Å²) in [7, 11) is 0. The highest BCUT2D eigenvalue weighted by molar-refractivity contribution is 7.98. The largest absolute Gasteiger partial charge is 0.419 e. The third kappa shape index (κ3) is 2.33. The van der Waals surface area contributed by atoms with Crippen molar-refractivity contribution < 1.29 is 17.6 Å². The topological polar surface area (TPSA) is 12.9 Å². The van der Waals surface area contributed by atoms with Crippen LogP contribution in [0, 0.1) is 5.82 Å². The summed E-state index contributed by atoms with van der Waals surface area (Å²) in [5.41, 5.74) is -1.27. The minimum absolute atomic E-state index is 0.147. The van der Waals surface area contributed by atoms with Crippen molar-refractivity contribution >= 4 is 11.8 Å². The van der Waals surface area contributed by atoms with E-state index in [1.165, 1.54) is 0 Å². The van der Waals surface area contributed by atoms with Gasteiger partial charge in [0.15, 0.2) is 5.82 Å². The normalized spacial score (nSPS) is 11.8. The number of hydrogen-bond donors (Lipinski definition) is 0. The molecule has 72 valence electrons. The fourth-order valence-electron chi connectivity index (χ4n) is 0.748. The van der Waals surface area contributed by atoms with E-state index in [1.54, 1.807) is 6.26 Å². The van der Waals surface area contributed by atoms with E-state index in [0.717, 1.165) is 11.8 Å². The van der Waals surface area contributed by atoms with Crippen molar-refractivity contribution in [2.75, 3.05) is 6.26 Å². The molecule has 0 bridgehead atoms. The molecule has 0 fully saturated rings. The minimum atomic E-state index is -4.66. The van der Waals surface area contributed by atoms with Crippen molar-refractivity contribution in [3.63, 3.8) is 0 Å². The van der Waals surface area contributed by atoms with Crippen molar-refractivity contribution in [1.29, 1.82) is 0 Å². The van der Waals surface area contributed by atoms with Crippen molar-refractivity contribution in [2.24, 2.45) is 0 Å². The zero-order valence-electron chi connectivity index (χ0n) is 6.52. The van der Waals surface area contributed by atoms with E-state index in [0.29, 0.717) is 12.3 Å². The predicted octanol–water partition coefficient (Wildman–Crippen LogP) is 2.96. The summed E-state index contributed by atoms with van der Waals surface area (Å²) >= 11 is 1.03. The van der Waals surface area contributed by atoms with Crippen LogP contribution in [0.25, 0.3) is 0 Å². The molecule has 0 spiro atoms. The lowest BCUT2D eigenvalue weighted by Crippen LogP contribution is -2.08. The smallest absolute Gasteiger partial charge is 0.247 e. The Balaban J connectivity index is 3.19. The van der Waals surface area contributed by atoms with Crippen molar-refractivity contribution in [1.82, 2.24) is 4.98 Å². The summed E-state index contributed by atoms with van der Waals surface area (Å²) in [5, 5.41) is 0.147. The molecule has 0 radical (unpaired) electrons. The van der Waals surface area contributed by atoms with Crippen LogP contribution in [-0.4, -0.2) is 11.2 Å². The SMILES string of the molecule is CSc1cc(C(F)(F)F)c(F)cn1. The quantitative estimate of drug-likeness (QED) is 0.523. The highest BCUT2D eigenvalue weighted by Crippen LogP contribution is 2.32. The number of alkyl halides is 3. The first-order chi connectivity index (χ1) is 5.95. The number of hydrogen-bond acceptors (Lipinski definition) is 2. The molecule has 0 aliphatic heterocycles. The molecular weight excluding hydrogens is 206 g/mol. The summed E-state index contributed by atoms with van der Waals surface area (Å²) in [6.07, 6.45) is -2.51. The third-order valence-electron chi connectivity index (χ3n) is 1.34. The standard InChI is InChI=1S/C7H5F4NS/c1-13-6-2-4(7(9,10)11)5(8)3-12-6/h2-3H,1H3. The lowest BCUT2D eigenvalue weighted by atomic mass is 10.2. The van der Waals surface area contributed by atoms with E-state index in [9.17, 15) is 17.6 Å². The van der Waals surface area contributed by atoms with E-state index >= 15 is 0 Å². The summed E-state index contributed by atoms with van der Waals surface area (Å²) in [6.45, 7) is 0. The zero-order chi connectivity index (χ0) is 10.1. The van der Waals surface area contributed by atoms with Gasteiger partial charge in [0.25, 0.3) is 0 Å². The molecule has 0 saturated carbocycles. The Hall–Kier alpha value is -0.780. The van der Waals surface area contributed by atoms with E-state index < -0.39 is 17.6 Å². The van der Waals surface area contributed by atoms with Crippen LogP contribution in [0.15, 0.2) is 17.3 Å². The fourth-order valence-corrected chi connectivity index (χ4v) is 1.14. The van der Waals surface area contributed by atoms with Crippen LogP contribution in [0.5, 0.6) is 0 Å². The maximum Gasteiger partial charge on any atom is 0.419 e. The Morgan fingerprint density at radius 3 is 2.46 bits per heavy atom. The van der Waals surface area contributed by atoms with E-state index in [-0.39, 0.29) is 5.03 Å². The van der Waals surface area contributed by atoms with Crippen LogP contribution in [0.2, 0.25) is 0 Å². The fraction of sp³-hybridized carbons (Fsp3) is 0.286. The molecule has 0 aromatic carbocycles. The first kappa shape index (κ1) is 10.3. The Kier molecular flexibility index (Phi) is 2.80. The first-order valence-electron chi connectivity index (χ1n) is 3.22. The Morgan fingerprint density at radius 1 is 1.38 bits per heavy atom. The first-order valence-corrected chi connectivity index (χ1v) is 4.44. The average Bonchev–Trinajstić information content (AvgIpc) is 2.03. The van der Waals surface area contributed by atoms with Gasteiger partial charge in [-0.15, -0.1) is 11.8 Å².